The summed E-state index contributed by atoms with van der Waals surface area (Å²) in [6.45, 7) is 18.1. The van der Waals surface area contributed by atoms with E-state index in [1.165, 1.54) is 0 Å². The summed E-state index contributed by atoms with van der Waals surface area (Å²) < 4.78 is 22.1. The highest BCUT2D eigenvalue weighted by Gasteiger charge is 2.37. The lowest BCUT2D eigenvalue weighted by molar-refractivity contribution is 0.273. The van der Waals surface area contributed by atoms with Gasteiger partial charge in [0.25, 0.3) is 0 Å². The molecule has 1 unspecified atom stereocenters. The van der Waals surface area contributed by atoms with Gasteiger partial charge in [0.2, 0.25) is 0 Å². The summed E-state index contributed by atoms with van der Waals surface area (Å²) in [6.07, 6.45) is 1.80. The Hall–Kier alpha value is -1.32. The molecule has 0 aliphatic rings. The zero-order valence-electron chi connectivity index (χ0n) is 23.1. The van der Waals surface area contributed by atoms with E-state index in [1.807, 2.05) is 51.1 Å². The highest BCUT2D eigenvalue weighted by Crippen LogP contribution is 2.41. The lowest BCUT2D eigenvalue weighted by Gasteiger charge is -2.36. The number of hydrogen-bond donors (Lipinski definition) is 1. The Bertz CT molecular complexity index is 1190. The van der Waals surface area contributed by atoms with Crippen LogP contribution in [0, 0.1) is 0 Å². The van der Waals surface area contributed by atoms with Crippen LogP contribution in [0.2, 0.25) is 23.2 Å². The molecule has 37 heavy (non-hydrogen) atoms. The third-order valence-corrected chi connectivity index (χ3v) is 14.3. The van der Waals surface area contributed by atoms with Crippen molar-refractivity contribution in [2.45, 2.75) is 87.5 Å². The SMILES string of the molecule is CC(C)(C)[S+]([O-])NCc1cc(-c2ccccc2)cc(Cl)c1Sc1ncccc1CO[Si](C)(C)C(C)(C)C. The van der Waals surface area contributed by atoms with Gasteiger partial charge in [0.15, 0.2) is 8.32 Å². The third-order valence-electron chi connectivity index (χ3n) is 6.62. The molecule has 0 aliphatic heterocycles. The van der Waals surface area contributed by atoms with Crippen LogP contribution < -0.4 is 4.72 Å². The minimum Gasteiger partial charge on any atom is -0.598 e. The van der Waals surface area contributed by atoms with Crippen LogP contribution in [-0.2, 0) is 28.9 Å². The summed E-state index contributed by atoms with van der Waals surface area (Å²) in [7, 11) is -1.92. The van der Waals surface area contributed by atoms with Crippen molar-refractivity contribution >= 4 is 43.0 Å². The molecule has 1 aromatic heterocycles. The van der Waals surface area contributed by atoms with E-state index in [1.54, 1.807) is 18.0 Å². The molecule has 1 N–H and O–H groups in total. The normalized spacial score (nSPS) is 13.6. The molecule has 0 amide bonds. The summed E-state index contributed by atoms with van der Waals surface area (Å²) in [5, 5.41) is 1.64. The monoisotopic (exact) mass is 574 g/mol. The van der Waals surface area contributed by atoms with Crippen LogP contribution in [0.3, 0.4) is 0 Å². The van der Waals surface area contributed by atoms with E-state index in [4.69, 9.17) is 21.0 Å². The molecular weight excluding hydrogens is 536 g/mol. The van der Waals surface area contributed by atoms with E-state index in [2.05, 4.69) is 62.9 Å². The predicted octanol–water partition coefficient (Wildman–Crippen LogP) is 8.63. The number of aromatic nitrogens is 1. The molecule has 200 valence electrons. The number of hydrogen-bond acceptors (Lipinski definition) is 5. The van der Waals surface area contributed by atoms with Crippen LogP contribution in [0.15, 0.2) is 70.7 Å². The summed E-state index contributed by atoms with van der Waals surface area (Å²) in [4.78, 5) is 5.60. The number of rotatable bonds is 9. The smallest absolute Gasteiger partial charge is 0.192 e. The van der Waals surface area contributed by atoms with Crippen LogP contribution in [-0.4, -0.2) is 22.6 Å². The quantitative estimate of drug-likeness (QED) is 0.205. The summed E-state index contributed by atoms with van der Waals surface area (Å²) >= 11 is 7.26. The topological polar surface area (TPSA) is 57.2 Å². The fourth-order valence-electron chi connectivity index (χ4n) is 3.25. The van der Waals surface area contributed by atoms with Crippen LogP contribution >= 0.6 is 23.4 Å². The fourth-order valence-corrected chi connectivity index (χ4v) is 6.26. The molecule has 0 bridgehead atoms. The van der Waals surface area contributed by atoms with E-state index in [0.717, 1.165) is 32.2 Å². The van der Waals surface area contributed by atoms with E-state index in [9.17, 15) is 4.55 Å². The molecule has 0 saturated heterocycles. The Morgan fingerprint density at radius 2 is 1.65 bits per heavy atom. The third kappa shape index (κ3) is 8.08. The standard InChI is InChI=1S/C29H39ClN2O2S2Si/c1-28(2,3)36(33)32-19-24-17-23(21-13-10-9-11-14-21)18-25(30)26(24)35-27-22(15-12-16-31-27)20-34-37(7,8)29(4,5)6/h9-18,32H,19-20H2,1-8H3. The van der Waals surface area contributed by atoms with Gasteiger partial charge >= 0.3 is 0 Å². The minimum atomic E-state index is -1.92. The molecular formula is C29H39ClN2O2S2Si. The maximum Gasteiger partial charge on any atom is 0.192 e. The van der Waals surface area contributed by atoms with E-state index in [0.29, 0.717) is 18.2 Å². The fraction of sp³-hybridized carbons (Fsp3) is 0.414. The largest absolute Gasteiger partial charge is 0.598 e. The molecule has 3 aromatic rings. The molecule has 8 heteroatoms. The Morgan fingerprint density at radius 1 is 0.973 bits per heavy atom. The van der Waals surface area contributed by atoms with Crippen LogP contribution in [0.1, 0.15) is 52.7 Å². The number of halogens is 1. The van der Waals surface area contributed by atoms with E-state index < -0.39 is 19.7 Å². The lowest BCUT2D eigenvalue weighted by atomic mass is 10.0. The number of nitrogens with zero attached hydrogens (tertiary/aromatic N) is 1. The Balaban J connectivity index is 1.96. The van der Waals surface area contributed by atoms with Gasteiger partial charge < -0.3 is 8.98 Å². The number of nitrogens with one attached hydrogen (secondary N) is 1. The molecule has 2 aromatic carbocycles. The molecule has 0 fully saturated rings. The van der Waals surface area contributed by atoms with E-state index in [-0.39, 0.29) is 9.79 Å². The summed E-state index contributed by atoms with van der Waals surface area (Å²) in [5.74, 6) is 0. The highest BCUT2D eigenvalue weighted by atomic mass is 35.5. The highest BCUT2D eigenvalue weighted by molar-refractivity contribution is 7.99. The van der Waals surface area contributed by atoms with Gasteiger partial charge in [-0.25, -0.2) is 4.98 Å². The van der Waals surface area contributed by atoms with Crippen molar-refractivity contribution in [3.63, 3.8) is 0 Å². The molecule has 0 radical (unpaired) electrons. The van der Waals surface area contributed by atoms with Gasteiger partial charge in [0.05, 0.1) is 18.2 Å². The van der Waals surface area contributed by atoms with Crippen LogP contribution in [0.25, 0.3) is 11.1 Å². The van der Waals surface area contributed by atoms with Gasteiger partial charge in [0.1, 0.15) is 9.77 Å². The average molecular weight is 575 g/mol. The van der Waals surface area contributed by atoms with Gasteiger partial charge in [-0.1, -0.05) is 80.5 Å². The molecule has 0 saturated carbocycles. The molecule has 4 nitrogen and oxygen atoms in total. The van der Waals surface area contributed by atoms with Crippen molar-refractivity contribution in [3.05, 3.63) is 76.9 Å². The molecule has 0 aliphatic carbocycles. The maximum absolute atomic E-state index is 12.8. The predicted molar refractivity (Wildman–Crippen MR) is 162 cm³/mol. The number of benzene rings is 2. The van der Waals surface area contributed by atoms with Gasteiger partial charge in [0, 0.05) is 28.0 Å². The second-order valence-corrected chi connectivity index (χ2v) is 19.9. The van der Waals surface area contributed by atoms with Gasteiger partial charge in [-0.3, -0.25) is 0 Å². The second kappa shape index (κ2) is 12.2. The second-order valence-electron chi connectivity index (χ2n) is 11.6. The molecule has 1 atom stereocenters. The first-order valence-corrected chi connectivity index (χ1v) is 17.7. The van der Waals surface area contributed by atoms with Crippen molar-refractivity contribution in [2.24, 2.45) is 0 Å². The van der Waals surface area contributed by atoms with Crippen LogP contribution in [0.4, 0.5) is 0 Å². The average Bonchev–Trinajstić information content (AvgIpc) is 2.82. The van der Waals surface area contributed by atoms with Crippen molar-refractivity contribution in [1.82, 2.24) is 9.71 Å². The summed E-state index contributed by atoms with van der Waals surface area (Å²) in [6, 6.07) is 18.3. The lowest BCUT2D eigenvalue weighted by Crippen LogP contribution is -2.40. The van der Waals surface area contributed by atoms with Crippen molar-refractivity contribution in [2.75, 3.05) is 0 Å². The Kier molecular flexibility index (Phi) is 10.0. The van der Waals surface area contributed by atoms with Gasteiger partial charge in [-0.2, -0.15) is 0 Å². The summed E-state index contributed by atoms with van der Waals surface area (Å²) in [5.41, 5.74) is 4.13. The zero-order valence-corrected chi connectivity index (χ0v) is 26.5. The van der Waals surface area contributed by atoms with Crippen LogP contribution in [0.5, 0.6) is 0 Å². The van der Waals surface area contributed by atoms with Crippen molar-refractivity contribution in [3.8, 4) is 11.1 Å². The van der Waals surface area contributed by atoms with Crippen molar-refractivity contribution in [1.29, 1.82) is 0 Å². The minimum absolute atomic E-state index is 0.126. The number of pyridine rings is 1. The van der Waals surface area contributed by atoms with E-state index >= 15 is 0 Å². The molecule has 0 spiro atoms. The van der Waals surface area contributed by atoms with Gasteiger partial charge in [-0.05, 0) is 73.8 Å². The first kappa shape index (κ1) is 30.2. The first-order chi connectivity index (χ1) is 17.2. The Morgan fingerprint density at radius 3 is 2.27 bits per heavy atom. The zero-order chi connectivity index (χ0) is 27.4. The van der Waals surface area contributed by atoms with Gasteiger partial charge in [-0.15, -0.1) is 4.72 Å². The first-order valence-electron chi connectivity index (χ1n) is 12.5. The van der Waals surface area contributed by atoms with Crippen molar-refractivity contribution < 1.29 is 8.98 Å². The maximum atomic E-state index is 12.8. The Labute approximate surface area is 236 Å². The molecule has 1 heterocycles. The molecule has 3 rings (SSSR count).